The quantitative estimate of drug-likeness (QED) is 0.692. The second-order valence-corrected chi connectivity index (χ2v) is 4.38. The molecule has 3 heteroatoms. The minimum Gasteiger partial charge on any atom is -0.293 e. The molecule has 0 saturated heterocycles. The summed E-state index contributed by atoms with van der Waals surface area (Å²) in [5.41, 5.74) is 0. The Labute approximate surface area is 81.8 Å². The van der Waals surface area contributed by atoms with Crippen LogP contribution in [0.5, 0.6) is 0 Å². The summed E-state index contributed by atoms with van der Waals surface area (Å²) in [6.07, 6.45) is 0.561. The van der Waals surface area contributed by atoms with Gasteiger partial charge in [0.15, 0.2) is 5.78 Å². The second-order valence-electron chi connectivity index (χ2n) is 3.30. The summed E-state index contributed by atoms with van der Waals surface area (Å²) in [5, 5.41) is 8.56. The number of rotatable bonds is 3. The van der Waals surface area contributed by atoms with Gasteiger partial charge in [-0.25, -0.2) is 0 Å². The first kappa shape index (κ1) is 9.94. The summed E-state index contributed by atoms with van der Waals surface area (Å²) in [6, 6.07) is 5.44. The molecule has 1 aromatic rings. The fourth-order valence-corrected chi connectivity index (χ4v) is 1.77. The second kappa shape index (κ2) is 4.20. The van der Waals surface area contributed by atoms with E-state index in [0.29, 0.717) is 22.1 Å². The maximum absolute atomic E-state index is 11.5. The van der Waals surface area contributed by atoms with Crippen LogP contribution < -0.4 is 0 Å². The number of ketones is 1. The van der Waals surface area contributed by atoms with Gasteiger partial charge in [0.2, 0.25) is 0 Å². The molecule has 0 saturated carbocycles. The van der Waals surface area contributed by atoms with E-state index in [1.807, 2.05) is 19.9 Å². The van der Waals surface area contributed by atoms with Crippen LogP contribution in [-0.2, 0) is 0 Å². The molecule has 2 nitrogen and oxygen atoms in total. The van der Waals surface area contributed by atoms with E-state index in [-0.39, 0.29) is 5.78 Å². The predicted molar refractivity (Wildman–Crippen MR) is 52.8 cm³/mol. The first-order chi connectivity index (χ1) is 6.13. The van der Waals surface area contributed by atoms with Crippen LogP contribution in [0.25, 0.3) is 0 Å². The summed E-state index contributed by atoms with van der Waals surface area (Å²) in [5.74, 6) is 0.515. The van der Waals surface area contributed by atoms with Gasteiger partial charge < -0.3 is 0 Å². The third kappa shape index (κ3) is 2.67. The monoisotopic (exact) mass is 193 g/mol. The number of carbonyl (C=O) groups excluding carboxylic acids is 1. The van der Waals surface area contributed by atoms with Crippen LogP contribution in [0.15, 0.2) is 12.1 Å². The largest absolute Gasteiger partial charge is 0.293 e. The molecule has 0 unspecified atom stereocenters. The van der Waals surface area contributed by atoms with Gasteiger partial charge in [-0.15, -0.1) is 11.3 Å². The van der Waals surface area contributed by atoms with Gasteiger partial charge in [0.25, 0.3) is 0 Å². The van der Waals surface area contributed by atoms with Crippen molar-refractivity contribution in [2.24, 2.45) is 5.92 Å². The van der Waals surface area contributed by atoms with E-state index in [1.165, 1.54) is 11.3 Å². The average Bonchev–Trinajstić information content (AvgIpc) is 2.50. The molecule has 1 heterocycles. The van der Waals surface area contributed by atoms with E-state index in [0.717, 1.165) is 0 Å². The summed E-state index contributed by atoms with van der Waals surface area (Å²) in [6.45, 7) is 4.02. The Balaban J connectivity index is 2.73. The Bertz CT molecular complexity index is 346. The maximum atomic E-state index is 11.5. The highest BCUT2D eigenvalue weighted by molar-refractivity contribution is 7.14. The highest BCUT2D eigenvalue weighted by Gasteiger charge is 2.10. The van der Waals surface area contributed by atoms with Crippen LogP contribution in [0.2, 0.25) is 0 Å². The molecule has 0 fully saturated rings. The highest BCUT2D eigenvalue weighted by atomic mass is 32.1. The summed E-state index contributed by atoms with van der Waals surface area (Å²) < 4.78 is 0. The number of thiophene rings is 1. The van der Waals surface area contributed by atoms with E-state index in [2.05, 4.69) is 0 Å². The SMILES string of the molecule is CC(C)CC(=O)c1ccc(C#N)s1. The van der Waals surface area contributed by atoms with Gasteiger partial charge in [-0.3, -0.25) is 4.79 Å². The Morgan fingerprint density at radius 1 is 1.62 bits per heavy atom. The van der Waals surface area contributed by atoms with Crippen LogP contribution in [0.4, 0.5) is 0 Å². The average molecular weight is 193 g/mol. The Hall–Kier alpha value is -1.14. The smallest absolute Gasteiger partial charge is 0.173 e. The zero-order valence-electron chi connectivity index (χ0n) is 7.70. The number of hydrogen-bond acceptors (Lipinski definition) is 3. The summed E-state index contributed by atoms with van der Waals surface area (Å²) >= 11 is 1.27. The standard InChI is InChI=1S/C10H11NOS/c1-7(2)5-9(12)10-4-3-8(6-11)13-10/h3-4,7H,5H2,1-2H3. The Kier molecular flexibility index (Phi) is 3.21. The molecule has 0 aromatic carbocycles. The van der Waals surface area contributed by atoms with Crippen molar-refractivity contribution in [1.29, 1.82) is 5.26 Å². The van der Waals surface area contributed by atoms with Crippen molar-refractivity contribution in [2.45, 2.75) is 20.3 Å². The van der Waals surface area contributed by atoms with Gasteiger partial charge in [0.1, 0.15) is 10.9 Å². The molecule has 1 aromatic heterocycles. The molecule has 0 spiro atoms. The van der Waals surface area contributed by atoms with Gasteiger partial charge in [0.05, 0.1) is 4.88 Å². The van der Waals surface area contributed by atoms with Crippen LogP contribution in [0.3, 0.4) is 0 Å². The van der Waals surface area contributed by atoms with Crippen molar-refractivity contribution in [3.8, 4) is 6.07 Å². The topological polar surface area (TPSA) is 40.9 Å². The van der Waals surface area contributed by atoms with E-state index >= 15 is 0 Å². The highest BCUT2D eigenvalue weighted by Crippen LogP contribution is 2.18. The molecule has 1 rings (SSSR count). The number of nitrogens with zero attached hydrogens (tertiary/aromatic N) is 1. The van der Waals surface area contributed by atoms with Crippen molar-refractivity contribution in [1.82, 2.24) is 0 Å². The van der Waals surface area contributed by atoms with Crippen LogP contribution in [0, 0.1) is 17.2 Å². The van der Waals surface area contributed by atoms with Crippen LogP contribution >= 0.6 is 11.3 Å². The van der Waals surface area contributed by atoms with E-state index < -0.39 is 0 Å². The van der Waals surface area contributed by atoms with Gasteiger partial charge >= 0.3 is 0 Å². The minimum absolute atomic E-state index is 0.140. The van der Waals surface area contributed by atoms with Gasteiger partial charge in [0, 0.05) is 6.42 Å². The van der Waals surface area contributed by atoms with E-state index in [9.17, 15) is 4.79 Å². The lowest BCUT2D eigenvalue weighted by Crippen LogP contribution is -2.00. The lowest BCUT2D eigenvalue weighted by molar-refractivity contribution is 0.0972. The van der Waals surface area contributed by atoms with Gasteiger partial charge in [-0.1, -0.05) is 13.8 Å². The van der Waals surface area contributed by atoms with E-state index in [1.54, 1.807) is 12.1 Å². The molecular formula is C10H11NOS. The minimum atomic E-state index is 0.140. The van der Waals surface area contributed by atoms with Crippen molar-refractivity contribution < 1.29 is 4.79 Å². The number of carbonyl (C=O) groups is 1. The zero-order chi connectivity index (χ0) is 9.84. The molecule has 0 bridgehead atoms. The molecule has 0 N–H and O–H groups in total. The molecule has 0 aliphatic carbocycles. The molecule has 0 amide bonds. The van der Waals surface area contributed by atoms with Crippen molar-refractivity contribution >= 4 is 17.1 Å². The zero-order valence-corrected chi connectivity index (χ0v) is 8.52. The fourth-order valence-electron chi connectivity index (χ4n) is 1.02. The number of nitriles is 1. The van der Waals surface area contributed by atoms with Gasteiger partial charge in [-0.2, -0.15) is 5.26 Å². The number of Topliss-reactive ketones (excluding diaryl/α,β-unsaturated/α-hetero) is 1. The van der Waals surface area contributed by atoms with Gasteiger partial charge in [-0.05, 0) is 18.1 Å². The predicted octanol–water partition coefficient (Wildman–Crippen LogP) is 2.85. The summed E-state index contributed by atoms with van der Waals surface area (Å²) in [7, 11) is 0. The normalized spacial score (nSPS) is 10.0. The first-order valence-electron chi connectivity index (χ1n) is 4.16. The third-order valence-corrected chi connectivity index (χ3v) is 2.62. The lowest BCUT2D eigenvalue weighted by atomic mass is 10.1. The van der Waals surface area contributed by atoms with Crippen LogP contribution in [0.1, 0.15) is 34.8 Å². The lowest BCUT2D eigenvalue weighted by Gasteiger charge is -1.99. The first-order valence-corrected chi connectivity index (χ1v) is 4.98. The van der Waals surface area contributed by atoms with Crippen LogP contribution in [-0.4, -0.2) is 5.78 Å². The van der Waals surface area contributed by atoms with E-state index in [4.69, 9.17) is 5.26 Å². The van der Waals surface area contributed by atoms with Crippen molar-refractivity contribution in [3.63, 3.8) is 0 Å². The summed E-state index contributed by atoms with van der Waals surface area (Å²) in [4.78, 5) is 12.8. The maximum Gasteiger partial charge on any atom is 0.173 e. The Morgan fingerprint density at radius 2 is 2.31 bits per heavy atom. The molecule has 68 valence electrons. The van der Waals surface area contributed by atoms with Crippen molar-refractivity contribution in [2.75, 3.05) is 0 Å². The molecule has 0 aliphatic heterocycles. The fraction of sp³-hybridized carbons (Fsp3) is 0.400. The Morgan fingerprint density at radius 3 is 2.77 bits per heavy atom. The van der Waals surface area contributed by atoms with Crippen molar-refractivity contribution in [3.05, 3.63) is 21.9 Å². The molecule has 13 heavy (non-hydrogen) atoms. The number of hydrogen-bond donors (Lipinski definition) is 0. The third-order valence-electron chi connectivity index (χ3n) is 1.58. The molecule has 0 radical (unpaired) electrons. The molecular weight excluding hydrogens is 182 g/mol. The molecule has 0 aliphatic rings. The molecule has 0 atom stereocenters.